The molecule has 2 heterocycles. The molecule has 0 bridgehead atoms. The first-order valence-electron chi connectivity index (χ1n) is 11.2. The van der Waals surface area contributed by atoms with Gasteiger partial charge in [-0.3, -0.25) is 9.89 Å². The zero-order valence-electron chi connectivity index (χ0n) is 18.8. The topological polar surface area (TPSA) is 90.6 Å². The summed E-state index contributed by atoms with van der Waals surface area (Å²) in [6, 6.07) is 15.0. The highest BCUT2D eigenvalue weighted by Crippen LogP contribution is 2.21. The van der Waals surface area contributed by atoms with Crippen molar-refractivity contribution >= 4 is 17.6 Å². The number of benzene rings is 2. The first-order chi connectivity index (χ1) is 16.1. The van der Waals surface area contributed by atoms with Crippen molar-refractivity contribution in [3.8, 4) is 16.9 Å². The molecule has 0 saturated carbocycles. The molecule has 0 aliphatic carbocycles. The van der Waals surface area contributed by atoms with Crippen molar-refractivity contribution in [2.45, 2.75) is 25.8 Å². The molecule has 2 N–H and O–H groups in total. The molecule has 3 aromatic rings. The second-order valence-corrected chi connectivity index (χ2v) is 8.11. The van der Waals surface area contributed by atoms with Crippen LogP contribution in [0.1, 0.15) is 24.8 Å². The zero-order valence-corrected chi connectivity index (χ0v) is 18.8. The Labute approximate surface area is 193 Å². The average molecular weight is 448 g/mol. The second-order valence-electron chi connectivity index (χ2n) is 8.11. The molecule has 8 heteroatoms. The first-order valence-corrected chi connectivity index (χ1v) is 11.2. The van der Waals surface area contributed by atoms with Crippen LogP contribution in [0.2, 0.25) is 0 Å². The first kappa shape index (κ1) is 22.4. The summed E-state index contributed by atoms with van der Waals surface area (Å²) < 4.78 is 5.31. The summed E-state index contributed by atoms with van der Waals surface area (Å²) in [4.78, 5) is 29.3. The lowest BCUT2D eigenvalue weighted by Crippen LogP contribution is -2.38. The lowest BCUT2D eigenvalue weighted by Gasteiger charge is -2.24. The van der Waals surface area contributed by atoms with E-state index >= 15 is 0 Å². The van der Waals surface area contributed by atoms with E-state index in [4.69, 9.17) is 4.74 Å². The van der Waals surface area contributed by atoms with Crippen LogP contribution in [0.4, 0.5) is 10.5 Å². The Morgan fingerprint density at radius 3 is 2.61 bits per heavy atom. The van der Waals surface area contributed by atoms with E-state index in [0.717, 1.165) is 48.4 Å². The molecule has 0 radical (unpaired) electrons. The van der Waals surface area contributed by atoms with Crippen molar-refractivity contribution < 1.29 is 14.3 Å². The molecule has 0 spiro atoms. The molecule has 0 unspecified atom stereocenters. The number of amides is 3. The Kier molecular flexibility index (Phi) is 7.24. The van der Waals surface area contributed by atoms with Crippen LogP contribution < -0.4 is 10.1 Å². The van der Waals surface area contributed by atoms with Crippen molar-refractivity contribution in [2.24, 2.45) is 0 Å². The maximum Gasteiger partial charge on any atom is 0.322 e. The van der Waals surface area contributed by atoms with Crippen LogP contribution in [-0.2, 0) is 11.3 Å². The van der Waals surface area contributed by atoms with Gasteiger partial charge in [-0.15, -0.1) is 0 Å². The van der Waals surface area contributed by atoms with Crippen LogP contribution in [0.5, 0.6) is 5.75 Å². The van der Waals surface area contributed by atoms with E-state index in [1.165, 1.54) is 0 Å². The lowest BCUT2D eigenvalue weighted by atomic mass is 10.1. The second kappa shape index (κ2) is 10.7. The molecule has 33 heavy (non-hydrogen) atoms. The van der Waals surface area contributed by atoms with Gasteiger partial charge >= 0.3 is 6.03 Å². The van der Waals surface area contributed by atoms with Gasteiger partial charge in [0.25, 0.3) is 0 Å². The number of ether oxygens (including phenoxy) is 1. The number of anilines is 1. The molecular weight excluding hydrogens is 418 g/mol. The summed E-state index contributed by atoms with van der Waals surface area (Å²) in [5, 5.41) is 9.73. The van der Waals surface area contributed by atoms with Crippen LogP contribution in [0.3, 0.4) is 0 Å². The highest BCUT2D eigenvalue weighted by Gasteiger charge is 2.21. The number of hydrogen-bond donors (Lipinski definition) is 2. The molecule has 1 aromatic heterocycles. The Bertz CT molecular complexity index is 1060. The predicted molar refractivity (Wildman–Crippen MR) is 127 cm³/mol. The summed E-state index contributed by atoms with van der Waals surface area (Å²) in [6.07, 6.45) is 5.97. The van der Waals surface area contributed by atoms with E-state index in [1.807, 2.05) is 59.6 Å². The molecule has 1 aliphatic heterocycles. The van der Waals surface area contributed by atoms with Gasteiger partial charge < -0.3 is 19.9 Å². The number of H-pyrrole nitrogens is 1. The summed E-state index contributed by atoms with van der Waals surface area (Å²) in [5.74, 6) is 0.830. The van der Waals surface area contributed by atoms with Gasteiger partial charge in [-0.2, -0.15) is 5.10 Å². The molecule has 4 rings (SSSR count). The van der Waals surface area contributed by atoms with Crippen molar-refractivity contribution in [1.82, 2.24) is 20.0 Å². The van der Waals surface area contributed by atoms with Crippen LogP contribution in [0.15, 0.2) is 60.9 Å². The van der Waals surface area contributed by atoms with Gasteiger partial charge in [0.1, 0.15) is 5.75 Å². The van der Waals surface area contributed by atoms with Crippen LogP contribution >= 0.6 is 0 Å². The number of likely N-dealkylation sites (tertiary alicyclic amines) is 1. The molecule has 1 saturated heterocycles. The standard InChI is InChI=1S/C25H29N5O3/c1-33-23-6-4-5-19(15-23)18-30(14-11-24(31)29-12-2-3-13-29)25(32)28-22-9-7-20(8-10-22)21-16-26-27-17-21/h4-10,15-17H,2-3,11-14,18H2,1H3,(H,26,27)(H,28,32). The Morgan fingerprint density at radius 2 is 1.91 bits per heavy atom. The van der Waals surface area contributed by atoms with Gasteiger partial charge in [0.05, 0.1) is 13.3 Å². The van der Waals surface area contributed by atoms with Gasteiger partial charge in [-0.25, -0.2) is 4.79 Å². The minimum absolute atomic E-state index is 0.0976. The fraction of sp³-hybridized carbons (Fsp3) is 0.320. The van der Waals surface area contributed by atoms with Crippen molar-refractivity contribution in [3.05, 3.63) is 66.5 Å². The number of carbonyl (C=O) groups excluding carboxylic acids is 2. The highest BCUT2D eigenvalue weighted by atomic mass is 16.5. The Hall–Kier alpha value is -3.81. The molecule has 8 nitrogen and oxygen atoms in total. The summed E-state index contributed by atoms with van der Waals surface area (Å²) in [5.41, 5.74) is 3.61. The van der Waals surface area contributed by atoms with Crippen LogP contribution in [-0.4, -0.2) is 58.7 Å². The maximum absolute atomic E-state index is 13.2. The summed E-state index contributed by atoms with van der Waals surface area (Å²) in [7, 11) is 1.62. The van der Waals surface area contributed by atoms with Gasteiger partial charge in [0.15, 0.2) is 0 Å². The molecule has 1 fully saturated rings. The van der Waals surface area contributed by atoms with Gasteiger partial charge in [-0.1, -0.05) is 24.3 Å². The summed E-state index contributed by atoms with van der Waals surface area (Å²) >= 11 is 0. The molecule has 2 aromatic carbocycles. The third-order valence-corrected chi connectivity index (χ3v) is 5.82. The minimum Gasteiger partial charge on any atom is -0.497 e. The largest absolute Gasteiger partial charge is 0.497 e. The molecular formula is C25H29N5O3. The average Bonchev–Trinajstić information content (AvgIpc) is 3.57. The quantitative estimate of drug-likeness (QED) is 0.543. The lowest BCUT2D eigenvalue weighted by molar-refractivity contribution is -0.130. The maximum atomic E-state index is 13.2. The molecule has 0 atom stereocenters. The van der Waals surface area contributed by atoms with Crippen molar-refractivity contribution in [3.63, 3.8) is 0 Å². The van der Waals surface area contributed by atoms with Gasteiger partial charge in [-0.05, 0) is 48.2 Å². The third kappa shape index (κ3) is 5.91. The monoisotopic (exact) mass is 447 g/mol. The van der Waals surface area contributed by atoms with E-state index in [-0.39, 0.29) is 11.9 Å². The number of hydrogen-bond acceptors (Lipinski definition) is 4. The smallest absolute Gasteiger partial charge is 0.322 e. The number of nitrogens with one attached hydrogen (secondary N) is 2. The number of aromatic amines is 1. The summed E-state index contributed by atoms with van der Waals surface area (Å²) in [6.45, 7) is 2.34. The SMILES string of the molecule is COc1cccc(CN(CCC(=O)N2CCCC2)C(=O)Nc2ccc(-c3cn[nH]c3)cc2)c1. The fourth-order valence-corrected chi connectivity index (χ4v) is 3.96. The molecule has 1 aliphatic rings. The number of nitrogens with zero attached hydrogens (tertiary/aromatic N) is 3. The molecule has 172 valence electrons. The van der Waals surface area contributed by atoms with Crippen LogP contribution in [0, 0.1) is 0 Å². The van der Waals surface area contributed by atoms with E-state index in [1.54, 1.807) is 18.2 Å². The number of methoxy groups -OCH3 is 1. The Balaban J connectivity index is 1.44. The van der Waals surface area contributed by atoms with Crippen molar-refractivity contribution in [2.75, 3.05) is 32.1 Å². The minimum atomic E-state index is -0.247. The Morgan fingerprint density at radius 1 is 1.12 bits per heavy atom. The number of urea groups is 1. The number of aromatic nitrogens is 2. The van der Waals surface area contributed by atoms with E-state index in [0.29, 0.717) is 25.2 Å². The van der Waals surface area contributed by atoms with Crippen LogP contribution in [0.25, 0.3) is 11.1 Å². The van der Waals surface area contributed by atoms with E-state index in [2.05, 4.69) is 15.5 Å². The van der Waals surface area contributed by atoms with E-state index in [9.17, 15) is 9.59 Å². The third-order valence-electron chi connectivity index (χ3n) is 5.82. The normalized spacial score (nSPS) is 13.1. The van der Waals surface area contributed by atoms with Crippen molar-refractivity contribution in [1.29, 1.82) is 0 Å². The predicted octanol–water partition coefficient (Wildman–Crippen LogP) is 4.13. The van der Waals surface area contributed by atoms with Gasteiger partial charge in [0.2, 0.25) is 5.91 Å². The number of rotatable bonds is 8. The zero-order chi connectivity index (χ0) is 23.0. The fourth-order valence-electron chi connectivity index (χ4n) is 3.96. The number of carbonyl (C=O) groups is 2. The van der Waals surface area contributed by atoms with Gasteiger partial charge in [0, 0.05) is 50.0 Å². The van der Waals surface area contributed by atoms with E-state index < -0.39 is 0 Å². The highest BCUT2D eigenvalue weighted by molar-refractivity contribution is 5.90. The molecule has 3 amide bonds.